The van der Waals surface area contributed by atoms with Crippen molar-refractivity contribution in [2.45, 2.75) is 13.0 Å². The van der Waals surface area contributed by atoms with Gasteiger partial charge in [0.1, 0.15) is 9.97 Å². The Morgan fingerprint density at radius 3 is 3.04 bits per heavy atom. The van der Waals surface area contributed by atoms with Crippen molar-refractivity contribution in [2.75, 3.05) is 5.75 Å². The van der Waals surface area contributed by atoms with Crippen LogP contribution in [-0.4, -0.2) is 30.8 Å². The van der Waals surface area contributed by atoms with Crippen LogP contribution in [0.4, 0.5) is 0 Å². The Labute approximate surface area is 161 Å². The van der Waals surface area contributed by atoms with E-state index >= 15 is 0 Å². The summed E-state index contributed by atoms with van der Waals surface area (Å²) in [5.74, 6) is 3.21. The largest absolute Gasteiger partial charge is 0.367 e. The number of H-pyrrole nitrogens is 1. The molecule has 0 aliphatic carbocycles. The predicted molar refractivity (Wildman–Crippen MR) is 109 cm³/mol. The highest BCUT2D eigenvalue weighted by molar-refractivity contribution is 8.22. The van der Waals surface area contributed by atoms with E-state index in [2.05, 4.69) is 26.2 Å². The molecule has 0 radical (unpaired) electrons. The minimum atomic E-state index is 0.0170. The van der Waals surface area contributed by atoms with Gasteiger partial charge in [-0.2, -0.15) is 0 Å². The molecule has 0 atom stereocenters. The predicted octanol–water partition coefficient (Wildman–Crippen LogP) is 3.32. The van der Waals surface area contributed by atoms with Gasteiger partial charge in [-0.25, -0.2) is 4.98 Å². The lowest BCUT2D eigenvalue weighted by Gasteiger charge is -2.07. The Balaban J connectivity index is 1.53. The Morgan fingerprint density at radius 2 is 2.27 bits per heavy atom. The van der Waals surface area contributed by atoms with Crippen molar-refractivity contribution in [2.24, 2.45) is 0 Å². The molecular formula is C19H16N4OS2. The minimum absolute atomic E-state index is 0.0170. The van der Waals surface area contributed by atoms with Crippen LogP contribution in [-0.2, 0) is 6.54 Å². The molecule has 130 valence electrons. The smallest absolute Gasteiger partial charge is 0.165 e. The first-order valence-corrected chi connectivity index (χ1v) is 9.34. The van der Waals surface area contributed by atoms with E-state index in [0.29, 0.717) is 45.2 Å². The summed E-state index contributed by atoms with van der Waals surface area (Å²) in [5, 5.41) is 3.87. The van der Waals surface area contributed by atoms with Crippen LogP contribution >= 0.6 is 24.0 Å². The molecule has 7 heteroatoms. The Bertz CT molecular complexity index is 976. The lowest BCUT2D eigenvalue weighted by atomic mass is 10.1. The third-order valence-electron chi connectivity index (χ3n) is 3.75. The molecule has 0 unspecified atom stereocenters. The van der Waals surface area contributed by atoms with E-state index in [9.17, 15) is 4.79 Å². The van der Waals surface area contributed by atoms with Crippen LogP contribution in [0, 0.1) is 12.3 Å². The molecule has 26 heavy (non-hydrogen) atoms. The standard InChI is InChI=1S/C19H16N4OS2/c1-2-14-5-8-21-18-17(14)15(12-22-18)16(24)6-9-26-19(25)23-11-13-4-3-7-20-10-13/h1,3-5,7-8,10,12H,6,9,11H2,(H,21,22)(H,23,25). The second-order valence-corrected chi connectivity index (χ2v) is 7.22. The van der Waals surface area contributed by atoms with E-state index in [1.807, 2.05) is 12.1 Å². The SMILES string of the molecule is C#Cc1ccnc2[nH]cc(C(=O)CCSC(=S)NCc3cccnc3)c12. The van der Waals surface area contributed by atoms with Gasteiger partial charge in [-0.15, -0.1) is 6.42 Å². The lowest BCUT2D eigenvalue weighted by molar-refractivity contribution is 0.0991. The van der Waals surface area contributed by atoms with Crippen molar-refractivity contribution in [3.8, 4) is 12.3 Å². The fourth-order valence-corrected chi connectivity index (χ4v) is 3.47. The fourth-order valence-electron chi connectivity index (χ4n) is 2.50. The summed E-state index contributed by atoms with van der Waals surface area (Å²) in [6.45, 7) is 0.618. The summed E-state index contributed by atoms with van der Waals surface area (Å²) in [7, 11) is 0. The summed E-state index contributed by atoms with van der Waals surface area (Å²) in [6.07, 6.45) is 12.7. The molecule has 3 aromatic heterocycles. The van der Waals surface area contributed by atoms with Gasteiger partial charge in [0.15, 0.2) is 5.78 Å². The number of carbonyl (C=O) groups is 1. The Morgan fingerprint density at radius 1 is 1.38 bits per heavy atom. The second-order valence-electron chi connectivity index (χ2n) is 5.45. The molecular weight excluding hydrogens is 364 g/mol. The number of nitrogens with one attached hydrogen (secondary N) is 2. The molecule has 0 aliphatic heterocycles. The number of pyridine rings is 2. The highest BCUT2D eigenvalue weighted by Gasteiger charge is 2.15. The van der Waals surface area contributed by atoms with Gasteiger partial charge in [-0.3, -0.25) is 9.78 Å². The molecule has 3 rings (SSSR count). The first-order valence-electron chi connectivity index (χ1n) is 7.94. The summed E-state index contributed by atoms with van der Waals surface area (Å²) >= 11 is 6.75. The van der Waals surface area contributed by atoms with Crippen LogP contribution in [0.25, 0.3) is 11.0 Å². The molecule has 2 N–H and O–H groups in total. The van der Waals surface area contributed by atoms with Crippen LogP contribution in [0.2, 0.25) is 0 Å². The Kier molecular flexibility index (Phi) is 6.00. The van der Waals surface area contributed by atoms with Crippen molar-refractivity contribution in [3.05, 3.63) is 59.7 Å². The zero-order chi connectivity index (χ0) is 18.4. The van der Waals surface area contributed by atoms with Gasteiger partial charge in [0, 0.05) is 60.0 Å². The van der Waals surface area contributed by atoms with Gasteiger partial charge in [0.2, 0.25) is 0 Å². The third-order valence-corrected chi connectivity index (χ3v) is 5.06. The molecule has 0 aromatic carbocycles. The maximum atomic E-state index is 12.5. The van der Waals surface area contributed by atoms with Crippen molar-refractivity contribution in [1.82, 2.24) is 20.3 Å². The monoisotopic (exact) mass is 380 g/mol. The van der Waals surface area contributed by atoms with Crippen LogP contribution < -0.4 is 5.32 Å². The van der Waals surface area contributed by atoms with Gasteiger partial charge >= 0.3 is 0 Å². The van der Waals surface area contributed by atoms with Crippen LogP contribution in [0.15, 0.2) is 43.0 Å². The molecule has 0 saturated heterocycles. The molecule has 0 bridgehead atoms. The average Bonchev–Trinajstić information content (AvgIpc) is 3.11. The van der Waals surface area contributed by atoms with Gasteiger partial charge < -0.3 is 10.3 Å². The van der Waals surface area contributed by atoms with Crippen LogP contribution in [0.1, 0.15) is 27.9 Å². The number of nitrogens with zero attached hydrogens (tertiary/aromatic N) is 2. The molecule has 0 saturated carbocycles. The first kappa shape index (κ1) is 18.1. The lowest BCUT2D eigenvalue weighted by Crippen LogP contribution is -2.18. The second kappa shape index (κ2) is 8.61. The van der Waals surface area contributed by atoms with Crippen molar-refractivity contribution in [1.29, 1.82) is 0 Å². The summed E-state index contributed by atoms with van der Waals surface area (Å²) in [5.41, 5.74) is 2.93. The van der Waals surface area contributed by atoms with Gasteiger partial charge in [-0.05, 0) is 17.7 Å². The van der Waals surface area contributed by atoms with Gasteiger partial charge in [0.05, 0.1) is 0 Å². The van der Waals surface area contributed by atoms with E-state index < -0.39 is 0 Å². The number of ketones is 1. The van der Waals surface area contributed by atoms with Crippen molar-refractivity contribution in [3.63, 3.8) is 0 Å². The number of rotatable bonds is 6. The number of terminal acetylenes is 1. The van der Waals surface area contributed by atoms with E-state index in [4.69, 9.17) is 18.6 Å². The van der Waals surface area contributed by atoms with E-state index in [1.54, 1.807) is 30.9 Å². The third kappa shape index (κ3) is 4.28. The topological polar surface area (TPSA) is 70.7 Å². The van der Waals surface area contributed by atoms with E-state index in [-0.39, 0.29) is 5.78 Å². The highest BCUT2D eigenvalue weighted by Crippen LogP contribution is 2.22. The number of aromatic amines is 1. The molecule has 3 heterocycles. The Hall–Kier alpha value is -2.69. The fraction of sp³-hybridized carbons (Fsp3) is 0.158. The summed E-state index contributed by atoms with van der Waals surface area (Å²) < 4.78 is 0.659. The molecule has 0 spiro atoms. The van der Waals surface area contributed by atoms with Crippen molar-refractivity contribution < 1.29 is 4.79 Å². The number of hydrogen-bond donors (Lipinski definition) is 2. The first-order chi connectivity index (χ1) is 12.7. The number of thioether (sulfide) groups is 1. The number of carbonyl (C=O) groups excluding carboxylic acids is 1. The van der Waals surface area contributed by atoms with E-state index in [1.165, 1.54) is 11.8 Å². The van der Waals surface area contributed by atoms with E-state index in [0.717, 1.165) is 5.56 Å². The van der Waals surface area contributed by atoms with Crippen LogP contribution in [0.3, 0.4) is 0 Å². The van der Waals surface area contributed by atoms with Crippen LogP contribution in [0.5, 0.6) is 0 Å². The zero-order valence-electron chi connectivity index (χ0n) is 13.9. The number of Topliss-reactive ketones (excluding diaryl/α,β-unsaturated/α-hetero) is 1. The average molecular weight is 380 g/mol. The number of aromatic nitrogens is 3. The highest BCUT2D eigenvalue weighted by atomic mass is 32.2. The molecule has 0 amide bonds. The molecule has 0 fully saturated rings. The molecule has 3 aromatic rings. The molecule has 0 aliphatic rings. The summed E-state index contributed by atoms with van der Waals surface area (Å²) in [6, 6.07) is 5.59. The summed E-state index contributed by atoms with van der Waals surface area (Å²) in [4.78, 5) is 23.8. The normalized spacial score (nSPS) is 10.4. The quantitative estimate of drug-likeness (QED) is 0.388. The van der Waals surface area contributed by atoms with Gasteiger partial charge in [0.25, 0.3) is 0 Å². The number of thiocarbonyl (C=S) groups is 1. The zero-order valence-corrected chi connectivity index (χ0v) is 15.5. The van der Waals surface area contributed by atoms with Crippen molar-refractivity contribution >= 4 is 45.1 Å². The molecule has 5 nitrogen and oxygen atoms in total. The number of hydrogen-bond acceptors (Lipinski definition) is 5. The van der Waals surface area contributed by atoms with Gasteiger partial charge in [-0.1, -0.05) is 36.0 Å². The maximum absolute atomic E-state index is 12.5. The maximum Gasteiger partial charge on any atom is 0.165 e. The minimum Gasteiger partial charge on any atom is -0.367 e. The number of fused-ring (bicyclic) bond motifs is 1.